The van der Waals surface area contributed by atoms with Gasteiger partial charge in [-0.2, -0.15) is 0 Å². The standard InChI is InChI=1S/C17H26N2O2.C10H17NO3/c1-17(2,3)21-16(20)19-11-9-15(10-12-19)18-13-14-7-5-4-6-8-14;1-10(2,3)14-9(13)11-6-4-8(12)5-7-11/h4-8,15,18H,9-13H2,1-3H3;4-7H2,1-3H3. The van der Waals surface area contributed by atoms with Crippen LogP contribution in [-0.2, 0) is 20.8 Å². The van der Waals surface area contributed by atoms with Crippen LogP contribution in [0, 0.1) is 0 Å². The summed E-state index contributed by atoms with van der Waals surface area (Å²) in [7, 11) is 0. The first-order chi connectivity index (χ1) is 16.3. The SMILES string of the molecule is CC(C)(C)OC(=O)N1CCC(=O)CC1.CC(C)(C)OC(=O)N1CCC(NCc2ccccc2)CC1. The maximum Gasteiger partial charge on any atom is 0.410 e. The van der Waals surface area contributed by atoms with Crippen molar-refractivity contribution in [3.63, 3.8) is 0 Å². The normalized spacial score (nSPS) is 17.4. The fourth-order valence-corrected chi connectivity index (χ4v) is 3.72. The predicted molar refractivity (Wildman–Crippen MR) is 136 cm³/mol. The summed E-state index contributed by atoms with van der Waals surface area (Å²) in [6.07, 6.45) is 2.37. The van der Waals surface area contributed by atoms with Gasteiger partial charge in [-0.3, -0.25) is 4.79 Å². The number of hydrogen-bond donors (Lipinski definition) is 1. The van der Waals surface area contributed by atoms with Crippen molar-refractivity contribution in [3.8, 4) is 0 Å². The summed E-state index contributed by atoms with van der Waals surface area (Å²) in [6.45, 7) is 14.6. The Hall–Kier alpha value is -2.61. The van der Waals surface area contributed by atoms with E-state index in [1.807, 2.05) is 52.5 Å². The zero-order chi connectivity index (χ0) is 26.1. The number of nitrogens with zero attached hydrogens (tertiary/aromatic N) is 2. The fraction of sp³-hybridized carbons (Fsp3) is 0.667. The monoisotopic (exact) mass is 489 g/mol. The Morgan fingerprint density at radius 2 is 1.29 bits per heavy atom. The van der Waals surface area contributed by atoms with Gasteiger partial charge in [-0.15, -0.1) is 0 Å². The second-order valence-electron chi connectivity index (χ2n) is 11.1. The molecule has 0 radical (unpaired) electrons. The Bertz CT molecular complexity index is 811. The van der Waals surface area contributed by atoms with E-state index in [0.717, 1.165) is 32.5 Å². The third-order valence-electron chi connectivity index (χ3n) is 5.56. The zero-order valence-electron chi connectivity index (χ0n) is 22.3. The van der Waals surface area contributed by atoms with Gasteiger partial charge in [-0.05, 0) is 59.9 Å². The molecule has 2 heterocycles. The van der Waals surface area contributed by atoms with Crippen molar-refractivity contribution < 1.29 is 23.9 Å². The summed E-state index contributed by atoms with van der Waals surface area (Å²) in [4.78, 5) is 37.8. The number of piperidine rings is 2. The van der Waals surface area contributed by atoms with Crippen molar-refractivity contribution in [2.75, 3.05) is 26.2 Å². The van der Waals surface area contributed by atoms with E-state index in [1.165, 1.54) is 5.56 Å². The lowest BCUT2D eigenvalue weighted by Crippen LogP contribution is -2.46. The molecular weight excluding hydrogens is 446 g/mol. The lowest BCUT2D eigenvalue weighted by Gasteiger charge is -2.33. The predicted octanol–water partition coefficient (Wildman–Crippen LogP) is 4.76. The van der Waals surface area contributed by atoms with Gasteiger partial charge in [0.05, 0.1) is 0 Å². The first kappa shape index (κ1) is 28.6. The van der Waals surface area contributed by atoms with Crippen molar-refractivity contribution in [1.82, 2.24) is 15.1 Å². The van der Waals surface area contributed by atoms with Crippen molar-refractivity contribution in [3.05, 3.63) is 35.9 Å². The van der Waals surface area contributed by atoms with Crippen LogP contribution in [0.2, 0.25) is 0 Å². The van der Waals surface area contributed by atoms with Crippen molar-refractivity contribution in [2.45, 2.75) is 91.0 Å². The molecule has 0 bridgehead atoms. The number of benzene rings is 1. The van der Waals surface area contributed by atoms with E-state index in [1.54, 1.807) is 4.90 Å². The number of carbonyl (C=O) groups excluding carboxylic acids is 3. The maximum atomic E-state index is 12.0. The number of ketones is 1. The molecule has 2 saturated heterocycles. The molecule has 0 unspecified atom stereocenters. The van der Waals surface area contributed by atoms with Gasteiger partial charge >= 0.3 is 12.2 Å². The Morgan fingerprint density at radius 1 is 0.829 bits per heavy atom. The molecule has 2 amide bonds. The highest BCUT2D eigenvalue weighted by molar-refractivity contribution is 5.81. The van der Waals surface area contributed by atoms with Crippen LogP contribution in [0.1, 0.15) is 72.8 Å². The number of rotatable bonds is 3. The van der Waals surface area contributed by atoms with Crippen molar-refractivity contribution in [1.29, 1.82) is 0 Å². The van der Waals surface area contributed by atoms with E-state index in [0.29, 0.717) is 32.0 Å². The van der Waals surface area contributed by atoms with Crippen molar-refractivity contribution >= 4 is 18.0 Å². The van der Waals surface area contributed by atoms with E-state index < -0.39 is 11.2 Å². The number of hydrogen-bond acceptors (Lipinski definition) is 6. The third kappa shape index (κ3) is 11.6. The van der Waals surface area contributed by atoms with Crippen LogP contribution in [0.25, 0.3) is 0 Å². The highest BCUT2D eigenvalue weighted by Gasteiger charge is 2.27. The average Bonchev–Trinajstić information content (AvgIpc) is 2.77. The van der Waals surface area contributed by atoms with Gasteiger partial charge in [0.15, 0.2) is 0 Å². The van der Waals surface area contributed by atoms with Crippen LogP contribution >= 0.6 is 0 Å². The molecule has 0 aromatic heterocycles. The first-order valence-electron chi connectivity index (χ1n) is 12.6. The lowest BCUT2D eigenvalue weighted by molar-refractivity contribution is -0.121. The zero-order valence-corrected chi connectivity index (χ0v) is 22.3. The Labute approximate surface area is 210 Å². The van der Waals surface area contributed by atoms with Gasteiger partial charge in [0, 0.05) is 51.6 Å². The van der Waals surface area contributed by atoms with E-state index >= 15 is 0 Å². The summed E-state index contributed by atoms with van der Waals surface area (Å²) >= 11 is 0. The molecule has 2 aliphatic heterocycles. The van der Waals surface area contributed by atoms with Crippen LogP contribution in [0.5, 0.6) is 0 Å². The molecule has 0 spiro atoms. The minimum Gasteiger partial charge on any atom is -0.444 e. The molecule has 0 atom stereocenters. The molecule has 0 aliphatic carbocycles. The van der Waals surface area contributed by atoms with Crippen LogP contribution in [0.4, 0.5) is 9.59 Å². The number of likely N-dealkylation sites (tertiary alicyclic amines) is 2. The summed E-state index contributed by atoms with van der Waals surface area (Å²) < 4.78 is 10.6. The number of Topliss-reactive ketones (excluding diaryl/α,β-unsaturated/α-hetero) is 1. The minimum absolute atomic E-state index is 0.191. The molecule has 2 fully saturated rings. The molecule has 1 aromatic carbocycles. The van der Waals surface area contributed by atoms with Crippen LogP contribution < -0.4 is 5.32 Å². The topological polar surface area (TPSA) is 88.2 Å². The second-order valence-corrected chi connectivity index (χ2v) is 11.1. The second kappa shape index (κ2) is 12.9. The number of amides is 2. The highest BCUT2D eigenvalue weighted by Crippen LogP contribution is 2.16. The molecular formula is C27H43N3O5. The van der Waals surface area contributed by atoms with Gasteiger partial charge in [-0.25, -0.2) is 9.59 Å². The van der Waals surface area contributed by atoms with Crippen LogP contribution in [0.3, 0.4) is 0 Å². The molecule has 2 aliphatic rings. The molecule has 1 N–H and O–H groups in total. The average molecular weight is 490 g/mol. The van der Waals surface area contributed by atoms with E-state index in [4.69, 9.17) is 9.47 Å². The van der Waals surface area contributed by atoms with E-state index in [9.17, 15) is 14.4 Å². The first-order valence-corrected chi connectivity index (χ1v) is 12.6. The molecule has 1 aromatic rings. The third-order valence-corrected chi connectivity index (χ3v) is 5.56. The van der Waals surface area contributed by atoms with E-state index in [-0.39, 0.29) is 18.0 Å². The summed E-state index contributed by atoms with van der Waals surface area (Å²) in [6, 6.07) is 10.9. The Morgan fingerprint density at radius 3 is 1.74 bits per heavy atom. The number of ether oxygens (including phenoxy) is 2. The molecule has 3 rings (SSSR count). The molecule has 0 saturated carbocycles. The van der Waals surface area contributed by atoms with Crippen molar-refractivity contribution in [2.24, 2.45) is 0 Å². The molecule has 196 valence electrons. The van der Waals surface area contributed by atoms with E-state index in [2.05, 4.69) is 29.6 Å². The van der Waals surface area contributed by atoms with Crippen LogP contribution in [0.15, 0.2) is 30.3 Å². The summed E-state index contributed by atoms with van der Waals surface area (Å²) in [5, 5.41) is 3.57. The Kier molecular flexibility index (Phi) is 10.6. The smallest absolute Gasteiger partial charge is 0.410 e. The lowest BCUT2D eigenvalue weighted by atomic mass is 10.0. The van der Waals surface area contributed by atoms with Gasteiger partial charge in [-0.1, -0.05) is 30.3 Å². The van der Waals surface area contributed by atoms with Gasteiger partial charge in [0.25, 0.3) is 0 Å². The Balaban J connectivity index is 0.000000269. The van der Waals surface area contributed by atoms with Crippen LogP contribution in [-0.4, -0.2) is 71.2 Å². The summed E-state index contributed by atoms with van der Waals surface area (Å²) in [5.74, 6) is 0.227. The van der Waals surface area contributed by atoms with Gasteiger partial charge in [0.2, 0.25) is 0 Å². The largest absolute Gasteiger partial charge is 0.444 e. The molecule has 8 heteroatoms. The van der Waals surface area contributed by atoms with Gasteiger partial charge < -0.3 is 24.6 Å². The van der Waals surface area contributed by atoms with Gasteiger partial charge in [0.1, 0.15) is 17.0 Å². The molecule has 35 heavy (non-hydrogen) atoms. The fourth-order valence-electron chi connectivity index (χ4n) is 3.72. The number of nitrogens with one attached hydrogen (secondary N) is 1. The maximum absolute atomic E-state index is 12.0. The summed E-state index contributed by atoms with van der Waals surface area (Å²) in [5.41, 5.74) is 0.421. The minimum atomic E-state index is -0.460. The number of carbonyl (C=O) groups is 3. The molecule has 8 nitrogen and oxygen atoms in total. The quantitative estimate of drug-likeness (QED) is 0.659. The highest BCUT2D eigenvalue weighted by atomic mass is 16.6.